The fraction of sp³-hybridized carbons (Fsp3) is 0.105. The van der Waals surface area contributed by atoms with Crippen molar-refractivity contribution in [2.45, 2.75) is 11.7 Å². The molecule has 9 nitrogen and oxygen atoms in total. The number of H-pyrrole nitrogens is 1. The number of thioether (sulfide) groups is 1. The van der Waals surface area contributed by atoms with Gasteiger partial charge in [-0.3, -0.25) is 14.7 Å². The van der Waals surface area contributed by atoms with Gasteiger partial charge < -0.3 is 15.7 Å². The quantitative estimate of drug-likeness (QED) is 0.391. The largest absolute Gasteiger partial charge is 0.478 e. The highest BCUT2D eigenvalue weighted by molar-refractivity contribution is 7.99. The maximum atomic E-state index is 12.1. The molecule has 0 fully saturated rings. The summed E-state index contributed by atoms with van der Waals surface area (Å²) < 4.78 is 0. The van der Waals surface area contributed by atoms with Crippen LogP contribution in [0.4, 0.5) is 5.69 Å². The molecule has 11 heteroatoms. The standard InChI is InChI=1S/C19H16ClN5O4S/c20-13-6-4-11(5-7-13)17(27)21-9-15-23-19(25-24-15)30-10-16(26)22-14-3-1-2-12(8-14)18(28)29/h1-8H,9-10H2,(H,21,27)(H,22,26)(H,28,29)(H,23,24,25). The SMILES string of the molecule is O=C(CSc1n[nH]c(CNC(=O)c2ccc(Cl)cc2)n1)Nc1cccc(C(=O)O)c1. The first-order valence-electron chi connectivity index (χ1n) is 8.62. The molecule has 0 aliphatic heterocycles. The summed E-state index contributed by atoms with van der Waals surface area (Å²) in [6.45, 7) is 0.142. The molecule has 154 valence electrons. The Morgan fingerprint density at radius 1 is 1.10 bits per heavy atom. The Labute approximate surface area is 180 Å². The number of aromatic nitrogens is 3. The predicted molar refractivity (Wildman–Crippen MR) is 112 cm³/mol. The lowest BCUT2D eigenvalue weighted by Crippen LogP contribution is -2.23. The number of hydrogen-bond acceptors (Lipinski definition) is 6. The van der Waals surface area contributed by atoms with E-state index in [1.807, 2.05) is 0 Å². The minimum atomic E-state index is -1.07. The van der Waals surface area contributed by atoms with Crippen molar-refractivity contribution in [1.82, 2.24) is 20.5 Å². The van der Waals surface area contributed by atoms with Gasteiger partial charge in [0.25, 0.3) is 5.91 Å². The lowest BCUT2D eigenvalue weighted by Gasteiger charge is -2.05. The van der Waals surface area contributed by atoms with Crippen molar-refractivity contribution >= 4 is 46.8 Å². The average Bonchev–Trinajstić information content (AvgIpc) is 3.19. The number of nitrogens with zero attached hydrogens (tertiary/aromatic N) is 2. The Hall–Kier alpha value is -3.37. The number of carboxylic acids is 1. The van der Waals surface area contributed by atoms with Crippen molar-refractivity contribution in [1.29, 1.82) is 0 Å². The topological polar surface area (TPSA) is 137 Å². The van der Waals surface area contributed by atoms with Gasteiger partial charge in [0.15, 0.2) is 0 Å². The number of halogens is 1. The van der Waals surface area contributed by atoms with Crippen molar-refractivity contribution in [3.8, 4) is 0 Å². The second-order valence-corrected chi connectivity index (χ2v) is 7.36. The maximum absolute atomic E-state index is 12.1. The summed E-state index contributed by atoms with van der Waals surface area (Å²) in [7, 11) is 0. The Bertz CT molecular complexity index is 1070. The molecule has 0 unspecified atom stereocenters. The molecule has 2 aromatic carbocycles. The summed E-state index contributed by atoms with van der Waals surface area (Å²) in [5, 5.41) is 21.9. The van der Waals surface area contributed by atoms with Gasteiger partial charge in [-0.15, -0.1) is 5.10 Å². The van der Waals surface area contributed by atoms with E-state index in [0.29, 0.717) is 27.3 Å². The summed E-state index contributed by atoms with van der Waals surface area (Å²) in [5.74, 6) is -1.21. The van der Waals surface area contributed by atoms with Crippen LogP contribution in [-0.2, 0) is 11.3 Å². The second kappa shape index (κ2) is 9.90. The first-order valence-corrected chi connectivity index (χ1v) is 9.98. The molecule has 4 N–H and O–H groups in total. The zero-order valence-electron chi connectivity index (χ0n) is 15.4. The zero-order valence-corrected chi connectivity index (χ0v) is 17.0. The van der Waals surface area contributed by atoms with E-state index in [2.05, 4.69) is 25.8 Å². The van der Waals surface area contributed by atoms with E-state index in [-0.39, 0.29) is 29.7 Å². The van der Waals surface area contributed by atoms with Crippen molar-refractivity contribution in [3.05, 3.63) is 70.5 Å². The fourth-order valence-electron chi connectivity index (χ4n) is 2.35. The van der Waals surface area contributed by atoms with Crippen LogP contribution in [0, 0.1) is 0 Å². The van der Waals surface area contributed by atoms with E-state index >= 15 is 0 Å². The Kier molecular flexibility index (Phi) is 7.04. The lowest BCUT2D eigenvalue weighted by molar-refractivity contribution is -0.113. The van der Waals surface area contributed by atoms with Gasteiger partial charge in [0.1, 0.15) is 5.82 Å². The van der Waals surface area contributed by atoms with Crippen molar-refractivity contribution in [3.63, 3.8) is 0 Å². The highest BCUT2D eigenvalue weighted by Gasteiger charge is 2.11. The van der Waals surface area contributed by atoms with E-state index in [9.17, 15) is 14.4 Å². The summed E-state index contributed by atoms with van der Waals surface area (Å²) >= 11 is 6.90. The lowest BCUT2D eigenvalue weighted by atomic mass is 10.2. The Morgan fingerprint density at radius 3 is 2.60 bits per heavy atom. The number of benzene rings is 2. The molecule has 0 bridgehead atoms. The van der Waals surface area contributed by atoms with Gasteiger partial charge in [0, 0.05) is 16.3 Å². The van der Waals surface area contributed by atoms with Gasteiger partial charge in [-0.1, -0.05) is 29.4 Å². The third kappa shape index (κ3) is 6.06. The van der Waals surface area contributed by atoms with Crippen LogP contribution in [0.5, 0.6) is 0 Å². The molecule has 0 saturated heterocycles. The third-order valence-electron chi connectivity index (χ3n) is 3.76. The molecular formula is C19H16ClN5O4S. The summed E-state index contributed by atoms with van der Waals surface area (Å²) in [5.41, 5.74) is 0.943. The Morgan fingerprint density at radius 2 is 1.87 bits per heavy atom. The van der Waals surface area contributed by atoms with Crippen LogP contribution in [0.25, 0.3) is 0 Å². The van der Waals surface area contributed by atoms with Crippen LogP contribution in [0.2, 0.25) is 5.02 Å². The molecule has 1 aromatic heterocycles. The van der Waals surface area contributed by atoms with Gasteiger partial charge in [-0.2, -0.15) is 0 Å². The molecule has 1 heterocycles. The fourth-order valence-corrected chi connectivity index (χ4v) is 3.09. The molecule has 0 saturated carbocycles. The molecule has 0 spiro atoms. The van der Waals surface area contributed by atoms with E-state index in [0.717, 1.165) is 11.8 Å². The van der Waals surface area contributed by atoms with E-state index in [1.165, 1.54) is 12.1 Å². The van der Waals surface area contributed by atoms with Crippen LogP contribution in [0.3, 0.4) is 0 Å². The zero-order chi connectivity index (χ0) is 21.5. The van der Waals surface area contributed by atoms with E-state index in [4.69, 9.17) is 16.7 Å². The highest BCUT2D eigenvalue weighted by Crippen LogP contribution is 2.15. The monoisotopic (exact) mass is 445 g/mol. The molecular weight excluding hydrogens is 430 g/mol. The summed E-state index contributed by atoms with van der Waals surface area (Å²) in [6.07, 6.45) is 0. The smallest absolute Gasteiger partial charge is 0.335 e. The third-order valence-corrected chi connectivity index (χ3v) is 4.86. The van der Waals surface area contributed by atoms with Crippen molar-refractivity contribution < 1.29 is 19.5 Å². The van der Waals surface area contributed by atoms with Gasteiger partial charge in [-0.25, -0.2) is 9.78 Å². The number of amides is 2. The van der Waals surface area contributed by atoms with Crippen molar-refractivity contribution in [2.75, 3.05) is 11.1 Å². The van der Waals surface area contributed by atoms with Crippen LogP contribution in [0.1, 0.15) is 26.5 Å². The van der Waals surface area contributed by atoms with E-state index in [1.54, 1.807) is 36.4 Å². The number of anilines is 1. The first-order chi connectivity index (χ1) is 14.4. The minimum absolute atomic E-state index is 0.0335. The Balaban J connectivity index is 1.46. The number of hydrogen-bond donors (Lipinski definition) is 4. The predicted octanol–water partition coefficient (Wildman–Crippen LogP) is 2.82. The van der Waals surface area contributed by atoms with Gasteiger partial charge in [0.2, 0.25) is 11.1 Å². The molecule has 3 rings (SSSR count). The number of carbonyl (C=O) groups excluding carboxylic acids is 2. The highest BCUT2D eigenvalue weighted by atomic mass is 35.5. The summed E-state index contributed by atoms with van der Waals surface area (Å²) in [6, 6.07) is 12.4. The minimum Gasteiger partial charge on any atom is -0.478 e. The number of rotatable bonds is 8. The maximum Gasteiger partial charge on any atom is 0.335 e. The van der Waals surface area contributed by atoms with Crippen LogP contribution in [-0.4, -0.2) is 43.8 Å². The molecule has 0 radical (unpaired) electrons. The molecule has 30 heavy (non-hydrogen) atoms. The van der Waals surface area contributed by atoms with Crippen LogP contribution >= 0.6 is 23.4 Å². The molecule has 3 aromatic rings. The number of nitrogens with one attached hydrogen (secondary N) is 3. The van der Waals surface area contributed by atoms with Gasteiger partial charge in [-0.05, 0) is 42.5 Å². The molecule has 0 aliphatic carbocycles. The van der Waals surface area contributed by atoms with E-state index < -0.39 is 5.97 Å². The van der Waals surface area contributed by atoms with Crippen LogP contribution < -0.4 is 10.6 Å². The molecule has 0 aliphatic rings. The number of aromatic carboxylic acids is 1. The number of aromatic amines is 1. The van der Waals surface area contributed by atoms with Crippen molar-refractivity contribution in [2.24, 2.45) is 0 Å². The second-order valence-electron chi connectivity index (χ2n) is 5.98. The molecule has 0 atom stereocenters. The number of carboxylic acid groups (broad SMARTS) is 1. The first kappa shape index (κ1) is 21.3. The van der Waals surface area contributed by atoms with Gasteiger partial charge in [0.05, 0.1) is 17.9 Å². The van der Waals surface area contributed by atoms with Gasteiger partial charge >= 0.3 is 5.97 Å². The average molecular weight is 446 g/mol. The number of carbonyl (C=O) groups is 3. The normalized spacial score (nSPS) is 10.4. The van der Waals surface area contributed by atoms with Crippen LogP contribution in [0.15, 0.2) is 53.7 Å². The molecule has 2 amide bonds. The summed E-state index contributed by atoms with van der Waals surface area (Å²) in [4.78, 5) is 39.3.